The molecule has 40 heavy (non-hydrogen) atoms. The van der Waals surface area contributed by atoms with Crippen molar-refractivity contribution < 1.29 is 14.4 Å². The van der Waals surface area contributed by atoms with E-state index in [1.165, 1.54) is 0 Å². The van der Waals surface area contributed by atoms with Crippen molar-refractivity contribution in [1.82, 2.24) is 20.0 Å². The average Bonchev–Trinajstić information content (AvgIpc) is 2.99. The number of rotatable bonds is 6. The number of urea groups is 1. The summed E-state index contributed by atoms with van der Waals surface area (Å²) in [6, 6.07) is 32.9. The highest BCUT2D eigenvalue weighted by molar-refractivity contribution is 5.92. The van der Waals surface area contributed by atoms with E-state index in [0.29, 0.717) is 26.1 Å². The third kappa shape index (κ3) is 5.15. The first-order valence-corrected chi connectivity index (χ1v) is 13.8. The predicted molar refractivity (Wildman–Crippen MR) is 154 cm³/mol. The van der Waals surface area contributed by atoms with Gasteiger partial charge in [0.2, 0.25) is 11.8 Å². The van der Waals surface area contributed by atoms with Crippen LogP contribution in [0.1, 0.15) is 23.1 Å². The van der Waals surface area contributed by atoms with Gasteiger partial charge in [-0.05, 0) is 27.5 Å². The fourth-order valence-electron chi connectivity index (χ4n) is 5.91. The van der Waals surface area contributed by atoms with Crippen LogP contribution in [0.4, 0.5) is 4.79 Å². The van der Waals surface area contributed by atoms with Crippen LogP contribution in [0.3, 0.4) is 0 Å². The monoisotopic (exact) mass is 532 g/mol. The van der Waals surface area contributed by atoms with E-state index < -0.39 is 12.2 Å². The van der Waals surface area contributed by atoms with Crippen LogP contribution in [0.2, 0.25) is 0 Å². The molecule has 4 aromatic carbocycles. The zero-order valence-electron chi connectivity index (χ0n) is 22.3. The molecule has 4 amide bonds. The molecular weight excluding hydrogens is 500 g/mol. The number of hydrogen-bond donors (Lipinski definition) is 1. The predicted octanol–water partition coefficient (Wildman–Crippen LogP) is 4.56. The second-order valence-electron chi connectivity index (χ2n) is 10.4. The normalized spacial score (nSPS) is 19.1. The lowest BCUT2D eigenvalue weighted by Gasteiger charge is -2.52. The van der Waals surface area contributed by atoms with Crippen molar-refractivity contribution in [1.29, 1.82) is 0 Å². The molecule has 1 unspecified atom stereocenters. The summed E-state index contributed by atoms with van der Waals surface area (Å²) < 4.78 is 0. The third-order valence-corrected chi connectivity index (χ3v) is 7.91. The van der Waals surface area contributed by atoms with Crippen molar-refractivity contribution in [3.8, 4) is 0 Å². The first-order valence-electron chi connectivity index (χ1n) is 13.8. The number of carbonyl (C=O) groups is 3. The van der Waals surface area contributed by atoms with Crippen LogP contribution < -0.4 is 5.32 Å². The van der Waals surface area contributed by atoms with Crippen molar-refractivity contribution in [2.24, 2.45) is 0 Å². The summed E-state index contributed by atoms with van der Waals surface area (Å²) >= 11 is 0. The van der Waals surface area contributed by atoms with E-state index >= 15 is 0 Å². The minimum Gasteiger partial charge on any atom is -0.334 e. The lowest BCUT2D eigenvalue weighted by molar-refractivity contribution is -0.167. The summed E-state index contributed by atoms with van der Waals surface area (Å²) in [5, 5.41) is 5.23. The van der Waals surface area contributed by atoms with Crippen molar-refractivity contribution in [3.05, 3.63) is 120 Å². The van der Waals surface area contributed by atoms with Gasteiger partial charge >= 0.3 is 6.03 Å². The van der Waals surface area contributed by atoms with E-state index in [1.807, 2.05) is 89.8 Å². The molecule has 0 saturated carbocycles. The molecule has 1 N–H and O–H groups in total. The standard InChI is InChI=1S/C33H32N4O3/c38-31-18-19-36(33(40)34-21-25-12-5-2-6-13-25)30-23-35(22-27-16-9-15-26-14-7-8-17-28(26)27)32(39)29(37(30)31)20-24-10-3-1-4-11-24/h1-17,29-30H,18-23H2,(H,34,40)/t29-,30?/m0/s1. The molecule has 4 aromatic rings. The second-order valence-corrected chi connectivity index (χ2v) is 10.4. The zero-order chi connectivity index (χ0) is 27.5. The highest BCUT2D eigenvalue weighted by atomic mass is 16.2. The Morgan fingerprint density at radius 1 is 0.800 bits per heavy atom. The number of benzene rings is 4. The van der Waals surface area contributed by atoms with Gasteiger partial charge in [0, 0.05) is 32.5 Å². The number of piperazine rings is 1. The lowest BCUT2D eigenvalue weighted by Crippen LogP contribution is -2.72. The van der Waals surface area contributed by atoms with E-state index in [4.69, 9.17) is 0 Å². The average molecular weight is 533 g/mol. The first-order chi connectivity index (χ1) is 19.6. The molecule has 7 heteroatoms. The van der Waals surface area contributed by atoms with Gasteiger partial charge < -0.3 is 20.0 Å². The van der Waals surface area contributed by atoms with E-state index in [9.17, 15) is 14.4 Å². The molecule has 2 fully saturated rings. The van der Waals surface area contributed by atoms with Crippen LogP contribution >= 0.6 is 0 Å². The van der Waals surface area contributed by atoms with Crippen LogP contribution in [-0.2, 0) is 29.1 Å². The minimum absolute atomic E-state index is 0.0869. The van der Waals surface area contributed by atoms with Gasteiger partial charge in [-0.15, -0.1) is 0 Å². The Morgan fingerprint density at radius 2 is 1.48 bits per heavy atom. The van der Waals surface area contributed by atoms with Gasteiger partial charge in [0.25, 0.3) is 0 Å². The number of nitrogens with zero attached hydrogens (tertiary/aromatic N) is 3. The summed E-state index contributed by atoms with van der Waals surface area (Å²) in [5.41, 5.74) is 3.02. The van der Waals surface area contributed by atoms with Gasteiger partial charge in [-0.1, -0.05) is 103 Å². The second kappa shape index (κ2) is 11.2. The Hall–Kier alpha value is -4.65. The molecule has 202 valence electrons. The maximum absolute atomic E-state index is 14.1. The van der Waals surface area contributed by atoms with Gasteiger partial charge in [0.05, 0.1) is 6.54 Å². The third-order valence-electron chi connectivity index (χ3n) is 7.91. The number of fused-ring (bicyclic) bond motifs is 2. The van der Waals surface area contributed by atoms with Gasteiger partial charge in [-0.3, -0.25) is 9.59 Å². The molecule has 2 aliphatic rings. The Balaban J connectivity index is 1.31. The van der Waals surface area contributed by atoms with Gasteiger partial charge in [-0.2, -0.15) is 0 Å². The fourth-order valence-corrected chi connectivity index (χ4v) is 5.91. The summed E-state index contributed by atoms with van der Waals surface area (Å²) in [5.74, 6) is -0.177. The molecular formula is C33H32N4O3. The molecule has 0 radical (unpaired) electrons. The van der Waals surface area contributed by atoms with E-state index in [0.717, 1.165) is 27.5 Å². The van der Waals surface area contributed by atoms with Crippen molar-refractivity contribution in [3.63, 3.8) is 0 Å². The topological polar surface area (TPSA) is 73.0 Å². The van der Waals surface area contributed by atoms with Crippen molar-refractivity contribution in [2.75, 3.05) is 13.1 Å². The molecule has 7 nitrogen and oxygen atoms in total. The SMILES string of the molecule is O=C1[C@H](Cc2ccccc2)N2C(=O)CCN(C(=O)NCc3ccccc3)C2CN1Cc1cccc2ccccc12. The van der Waals surface area contributed by atoms with Gasteiger partial charge in [0.1, 0.15) is 12.2 Å². The minimum atomic E-state index is -0.687. The quantitative estimate of drug-likeness (QED) is 0.396. The smallest absolute Gasteiger partial charge is 0.319 e. The van der Waals surface area contributed by atoms with Crippen LogP contribution in [-0.4, -0.2) is 57.8 Å². The molecule has 2 heterocycles. The van der Waals surface area contributed by atoms with Crippen molar-refractivity contribution in [2.45, 2.75) is 38.1 Å². The number of amides is 4. The summed E-state index contributed by atoms with van der Waals surface area (Å²) in [4.78, 5) is 46.1. The molecule has 0 aliphatic carbocycles. The fraction of sp³-hybridized carbons (Fsp3) is 0.242. The molecule has 0 spiro atoms. The lowest BCUT2D eigenvalue weighted by atomic mass is 9.96. The van der Waals surface area contributed by atoms with E-state index in [2.05, 4.69) is 23.5 Å². The van der Waals surface area contributed by atoms with Crippen LogP contribution in [0, 0.1) is 0 Å². The molecule has 2 atom stereocenters. The molecule has 0 aromatic heterocycles. The number of hydrogen-bond acceptors (Lipinski definition) is 3. The Bertz CT molecular complexity index is 1520. The first kappa shape index (κ1) is 25.6. The highest BCUT2D eigenvalue weighted by Crippen LogP contribution is 2.30. The molecule has 2 aliphatic heterocycles. The summed E-state index contributed by atoms with van der Waals surface area (Å²) in [7, 11) is 0. The van der Waals surface area contributed by atoms with Crippen LogP contribution in [0.5, 0.6) is 0 Å². The Kier molecular flexibility index (Phi) is 7.19. The zero-order valence-corrected chi connectivity index (χ0v) is 22.3. The molecule has 0 bridgehead atoms. The van der Waals surface area contributed by atoms with Gasteiger partial charge in [0.15, 0.2) is 0 Å². The Morgan fingerprint density at radius 3 is 2.25 bits per heavy atom. The van der Waals surface area contributed by atoms with Crippen LogP contribution in [0.15, 0.2) is 103 Å². The molecule has 6 rings (SSSR count). The van der Waals surface area contributed by atoms with Crippen molar-refractivity contribution >= 4 is 28.6 Å². The maximum atomic E-state index is 14.1. The summed E-state index contributed by atoms with van der Waals surface area (Å²) in [6.07, 6.45) is 0.0447. The Labute approximate surface area is 234 Å². The van der Waals surface area contributed by atoms with Gasteiger partial charge in [-0.25, -0.2) is 4.79 Å². The summed E-state index contributed by atoms with van der Waals surface area (Å²) in [6.45, 7) is 1.37. The molecule has 2 saturated heterocycles. The number of carbonyl (C=O) groups excluding carboxylic acids is 3. The van der Waals surface area contributed by atoms with E-state index in [1.54, 1.807) is 9.80 Å². The van der Waals surface area contributed by atoms with E-state index in [-0.39, 0.29) is 30.8 Å². The highest BCUT2D eigenvalue weighted by Gasteiger charge is 2.48. The maximum Gasteiger partial charge on any atom is 0.319 e. The van der Waals surface area contributed by atoms with Crippen LogP contribution in [0.25, 0.3) is 10.8 Å². The largest absolute Gasteiger partial charge is 0.334 e. The number of nitrogens with one attached hydrogen (secondary N) is 1.